The molecule has 0 unspecified atom stereocenters. The molecule has 2 amide bonds. The lowest BCUT2D eigenvalue weighted by atomic mass is 9.95. The maximum Gasteiger partial charge on any atom is 0.324 e. The number of carbonyl (C=O) groups excluding carboxylic acids is 2. The van der Waals surface area contributed by atoms with E-state index in [4.69, 9.17) is 5.11 Å². The molecule has 7 nitrogen and oxygen atoms in total. The monoisotopic (exact) mass is 353 g/mol. The normalized spacial score (nSPS) is 13.0. The minimum atomic E-state index is -0.863. The van der Waals surface area contributed by atoms with Crippen LogP contribution in [-0.2, 0) is 17.6 Å². The summed E-state index contributed by atoms with van der Waals surface area (Å²) in [6, 6.07) is 9.90. The number of carboxylic acid groups (broad SMARTS) is 1. The number of carboxylic acids is 1. The molecule has 3 rings (SSSR count). The molecule has 0 atom stereocenters. The number of aryl methyl sites for hydroxylation is 2. The van der Waals surface area contributed by atoms with Gasteiger partial charge in [0.15, 0.2) is 5.78 Å². The molecule has 0 fully saturated rings. The van der Waals surface area contributed by atoms with Gasteiger partial charge in [-0.1, -0.05) is 12.1 Å². The summed E-state index contributed by atoms with van der Waals surface area (Å²) < 4.78 is 0. The van der Waals surface area contributed by atoms with Gasteiger partial charge in [-0.3, -0.25) is 14.9 Å². The molecule has 1 aliphatic rings. The van der Waals surface area contributed by atoms with Gasteiger partial charge in [-0.05, 0) is 49.1 Å². The quantitative estimate of drug-likeness (QED) is 0.764. The molecule has 1 aromatic heterocycles. The third-order valence-corrected chi connectivity index (χ3v) is 4.15. The number of fused-ring (bicyclic) bond motifs is 1. The zero-order valence-electron chi connectivity index (χ0n) is 14.1. The van der Waals surface area contributed by atoms with Crippen LogP contribution >= 0.6 is 0 Å². The van der Waals surface area contributed by atoms with Crippen LogP contribution in [0.15, 0.2) is 36.4 Å². The first-order chi connectivity index (χ1) is 12.5. The second-order valence-corrected chi connectivity index (χ2v) is 6.14. The summed E-state index contributed by atoms with van der Waals surface area (Å²) in [5, 5.41) is 14.1. The number of rotatable bonds is 5. The van der Waals surface area contributed by atoms with Gasteiger partial charge >= 0.3 is 12.0 Å². The van der Waals surface area contributed by atoms with E-state index in [1.165, 1.54) is 0 Å². The highest BCUT2D eigenvalue weighted by atomic mass is 16.4. The molecule has 3 N–H and O–H groups in total. The van der Waals surface area contributed by atoms with Crippen LogP contribution in [0.5, 0.6) is 0 Å². The Morgan fingerprint density at radius 2 is 1.96 bits per heavy atom. The average molecular weight is 353 g/mol. The molecule has 0 radical (unpaired) electrons. The summed E-state index contributed by atoms with van der Waals surface area (Å²) >= 11 is 0. The van der Waals surface area contributed by atoms with Crippen molar-refractivity contribution < 1.29 is 19.5 Å². The number of Topliss-reactive ketones (excluding diaryl/α,β-unsaturated/α-hetero) is 1. The number of hydrogen-bond donors (Lipinski definition) is 3. The van der Waals surface area contributed by atoms with Crippen LogP contribution in [0.25, 0.3) is 0 Å². The molecule has 7 heteroatoms. The Morgan fingerprint density at radius 3 is 2.77 bits per heavy atom. The Hall–Kier alpha value is -3.22. The van der Waals surface area contributed by atoms with Gasteiger partial charge < -0.3 is 10.4 Å². The van der Waals surface area contributed by atoms with Gasteiger partial charge in [0.05, 0.1) is 5.69 Å². The van der Waals surface area contributed by atoms with E-state index < -0.39 is 12.0 Å². The molecule has 1 heterocycles. The van der Waals surface area contributed by atoms with E-state index in [0.29, 0.717) is 29.9 Å². The lowest BCUT2D eigenvalue weighted by molar-refractivity contribution is -0.136. The Kier molecular flexibility index (Phi) is 5.26. The number of aromatic nitrogens is 1. The summed E-state index contributed by atoms with van der Waals surface area (Å²) in [7, 11) is 0. The van der Waals surface area contributed by atoms with Gasteiger partial charge in [0.25, 0.3) is 0 Å². The van der Waals surface area contributed by atoms with Crippen LogP contribution in [0, 0.1) is 0 Å². The van der Waals surface area contributed by atoms with Crippen LogP contribution < -0.4 is 10.6 Å². The van der Waals surface area contributed by atoms with Crippen molar-refractivity contribution in [1.82, 2.24) is 4.98 Å². The van der Waals surface area contributed by atoms with Gasteiger partial charge in [0, 0.05) is 24.1 Å². The summed E-state index contributed by atoms with van der Waals surface area (Å²) in [5.41, 5.74) is 2.75. The zero-order chi connectivity index (χ0) is 18.5. The first kappa shape index (κ1) is 17.6. The van der Waals surface area contributed by atoms with Crippen LogP contribution in [0.2, 0.25) is 0 Å². The lowest BCUT2D eigenvalue weighted by Gasteiger charge is -2.15. The summed E-state index contributed by atoms with van der Waals surface area (Å²) in [6.07, 6.45) is 2.47. The second kappa shape index (κ2) is 7.77. The summed E-state index contributed by atoms with van der Waals surface area (Å²) in [6.45, 7) is 0. The van der Waals surface area contributed by atoms with Crippen LogP contribution in [0.1, 0.15) is 40.9 Å². The van der Waals surface area contributed by atoms with Crippen molar-refractivity contribution in [1.29, 1.82) is 0 Å². The number of hydrogen-bond acceptors (Lipinski definition) is 4. The highest BCUT2D eigenvalue weighted by Crippen LogP contribution is 2.21. The van der Waals surface area contributed by atoms with Gasteiger partial charge in [-0.25, -0.2) is 9.78 Å². The Bertz CT molecular complexity index is 864. The number of benzene rings is 1. The zero-order valence-corrected chi connectivity index (χ0v) is 14.1. The fourth-order valence-corrected chi connectivity index (χ4v) is 2.90. The molecule has 0 saturated heterocycles. The van der Waals surface area contributed by atoms with Crippen molar-refractivity contribution >= 4 is 29.3 Å². The maximum absolute atomic E-state index is 12.2. The van der Waals surface area contributed by atoms with Crippen molar-refractivity contribution in [2.75, 3.05) is 10.6 Å². The van der Waals surface area contributed by atoms with E-state index in [1.807, 2.05) is 6.07 Å². The number of carbonyl (C=O) groups is 3. The first-order valence-electron chi connectivity index (χ1n) is 8.43. The number of amides is 2. The highest BCUT2D eigenvalue weighted by Gasteiger charge is 2.18. The molecule has 134 valence electrons. The van der Waals surface area contributed by atoms with Crippen molar-refractivity contribution in [2.24, 2.45) is 0 Å². The van der Waals surface area contributed by atoms with E-state index in [-0.39, 0.29) is 12.2 Å². The van der Waals surface area contributed by atoms with Gasteiger partial charge in [-0.15, -0.1) is 0 Å². The Labute approximate surface area is 150 Å². The minimum Gasteiger partial charge on any atom is -0.481 e. The highest BCUT2D eigenvalue weighted by molar-refractivity contribution is 6.00. The molecule has 1 aromatic carbocycles. The molecular weight excluding hydrogens is 334 g/mol. The number of nitrogens with one attached hydrogen (secondary N) is 2. The number of ketones is 1. The summed E-state index contributed by atoms with van der Waals surface area (Å²) in [5.74, 6) is -0.385. The van der Waals surface area contributed by atoms with E-state index in [0.717, 1.165) is 24.1 Å². The average Bonchev–Trinajstić information content (AvgIpc) is 2.60. The van der Waals surface area contributed by atoms with Crippen LogP contribution in [0.4, 0.5) is 16.3 Å². The largest absolute Gasteiger partial charge is 0.481 e. The molecule has 0 saturated carbocycles. The molecule has 0 spiro atoms. The Balaban J connectivity index is 1.63. The van der Waals surface area contributed by atoms with Crippen molar-refractivity contribution in [2.45, 2.75) is 32.1 Å². The smallest absolute Gasteiger partial charge is 0.324 e. The SMILES string of the molecule is O=C(O)CCc1cccc(NC(=O)Nc2ccc3c(n2)CCCC3=O)c1. The second-order valence-electron chi connectivity index (χ2n) is 6.14. The standard InChI is InChI=1S/C19H19N3O4/c23-16-6-2-5-15-14(16)8-9-17(21-15)22-19(26)20-13-4-1-3-12(11-13)7-10-18(24)25/h1,3-4,8-9,11H,2,5-7,10H2,(H,24,25)(H2,20,21,22,26). The van der Waals surface area contributed by atoms with Gasteiger partial charge in [-0.2, -0.15) is 0 Å². The third kappa shape index (κ3) is 4.44. The van der Waals surface area contributed by atoms with Crippen molar-refractivity contribution in [3.05, 3.63) is 53.2 Å². The molecule has 26 heavy (non-hydrogen) atoms. The van der Waals surface area contributed by atoms with Gasteiger partial charge in [0.2, 0.25) is 0 Å². The van der Waals surface area contributed by atoms with Crippen molar-refractivity contribution in [3.63, 3.8) is 0 Å². The predicted molar refractivity (Wildman–Crippen MR) is 96.5 cm³/mol. The molecule has 0 bridgehead atoms. The Morgan fingerprint density at radius 1 is 1.12 bits per heavy atom. The predicted octanol–water partition coefficient (Wildman–Crippen LogP) is 3.26. The number of pyridine rings is 1. The van der Waals surface area contributed by atoms with E-state index >= 15 is 0 Å². The van der Waals surface area contributed by atoms with Crippen molar-refractivity contribution in [3.8, 4) is 0 Å². The van der Waals surface area contributed by atoms with Gasteiger partial charge in [0.1, 0.15) is 5.82 Å². The van der Waals surface area contributed by atoms with E-state index in [1.54, 1.807) is 30.3 Å². The number of urea groups is 1. The topological polar surface area (TPSA) is 108 Å². The maximum atomic E-state index is 12.2. The van der Waals surface area contributed by atoms with Crippen LogP contribution in [0.3, 0.4) is 0 Å². The fourth-order valence-electron chi connectivity index (χ4n) is 2.90. The molecule has 1 aliphatic carbocycles. The minimum absolute atomic E-state index is 0.0351. The van der Waals surface area contributed by atoms with Crippen LogP contribution in [-0.4, -0.2) is 27.9 Å². The molecular formula is C19H19N3O4. The van der Waals surface area contributed by atoms with E-state index in [9.17, 15) is 14.4 Å². The number of anilines is 2. The third-order valence-electron chi connectivity index (χ3n) is 4.15. The molecule has 2 aromatic rings. The fraction of sp³-hybridized carbons (Fsp3) is 0.263. The lowest BCUT2D eigenvalue weighted by Crippen LogP contribution is -2.21. The number of nitrogens with zero attached hydrogens (tertiary/aromatic N) is 1. The number of aliphatic carboxylic acids is 1. The van der Waals surface area contributed by atoms with E-state index in [2.05, 4.69) is 15.6 Å². The molecule has 0 aliphatic heterocycles. The summed E-state index contributed by atoms with van der Waals surface area (Å²) in [4.78, 5) is 39.0. The first-order valence-corrected chi connectivity index (χ1v) is 8.43.